The lowest BCUT2D eigenvalue weighted by Crippen LogP contribution is -2.09. The minimum atomic E-state index is 0.319. The SMILES string of the molecule is CC(C)(C)Cc1ccn2cccnc12. The van der Waals surface area contributed by atoms with Crippen molar-refractivity contribution in [1.29, 1.82) is 0 Å². The van der Waals surface area contributed by atoms with E-state index < -0.39 is 0 Å². The summed E-state index contributed by atoms with van der Waals surface area (Å²) in [5, 5.41) is 0. The molecule has 0 aliphatic rings. The third kappa shape index (κ3) is 1.79. The molecule has 2 rings (SSSR count). The summed E-state index contributed by atoms with van der Waals surface area (Å²) in [6, 6.07) is 4.11. The standard InChI is InChI=1S/C12H16N2/c1-12(2,3)9-10-5-8-14-7-4-6-13-11(10)14/h4-8H,9H2,1-3H3. The van der Waals surface area contributed by atoms with Crippen LogP contribution in [-0.4, -0.2) is 9.38 Å². The van der Waals surface area contributed by atoms with Gasteiger partial charge in [0, 0.05) is 18.6 Å². The maximum atomic E-state index is 4.39. The maximum Gasteiger partial charge on any atom is 0.139 e. The van der Waals surface area contributed by atoms with Gasteiger partial charge < -0.3 is 4.40 Å². The summed E-state index contributed by atoms with van der Waals surface area (Å²) in [6.45, 7) is 6.75. The highest BCUT2D eigenvalue weighted by atomic mass is 15.0. The Bertz CT molecular complexity index is 435. The summed E-state index contributed by atoms with van der Waals surface area (Å²) in [4.78, 5) is 4.39. The molecule has 0 aromatic carbocycles. The third-order valence-electron chi connectivity index (χ3n) is 2.22. The highest BCUT2D eigenvalue weighted by molar-refractivity contribution is 5.48. The van der Waals surface area contributed by atoms with Crippen LogP contribution in [0.2, 0.25) is 0 Å². The second-order valence-electron chi connectivity index (χ2n) is 4.93. The van der Waals surface area contributed by atoms with Gasteiger partial charge in [0.25, 0.3) is 0 Å². The molecule has 2 heteroatoms. The van der Waals surface area contributed by atoms with E-state index in [1.807, 2.05) is 18.5 Å². The molecule has 0 saturated carbocycles. The Morgan fingerprint density at radius 3 is 2.79 bits per heavy atom. The van der Waals surface area contributed by atoms with Gasteiger partial charge in [0.1, 0.15) is 5.65 Å². The first-order valence-electron chi connectivity index (χ1n) is 4.97. The fourth-order valence-corrected chi connectivity index (χ4v) is 1.71. The molecule has 0 aliphatic carbocycles. The van der Waals surface area contributed by atoms with E-state index in [2.05, 4.69) is 42.4 Å². The van der Waals surface area contributed by atoms with E-state index in [4.69, 9.17) is 0 Å². The van der Waals surface area contributed by atoms with Crippen LogP contribution >= 0.6 is 0 Å². The molecule has 0 unspecified atom stereocenters. The second kappa shape index (κ2) is 3.12. The van der Waals surface area contributed by atoms with E-state index in [-0.39, 0.29) is 0 Å². The number of rotatable bonds is 1. The predicted octanol–water partition coefficient (Wildman–Crippen LogP) is 2.92. The Kier molecular flexibility index (Phi) is 2.06. The quantitative estimate of drug-likeness (QED) is 0.672. The molecular formula is C12H16N2. The fraction of sp³-hybridized carbons (Fsp3) is 0.417. The van der Waals surface area contributed by atoms with Crippen molar-refractivity contribution in [2.24, 2.45) is 5.41 Å². The molecule has 2 aromatic heterocycles. The first kappa shape index (κ1) is 9.25. The molecule has 0 fully saturated rings. The molecular weight excluding hydrogens is 172 g/mol. The number of nitrogens with zero attached hydrogens (tertiary/aromatic N) is 2. The van der Waals surface area contributed by atoms with Gasteiger partial charge in [-0.3, -0.25) is 0 Å². The second-order valence-corrected chi connectivity index (χ2v) is 4.93. The van der Waals surface area contributed by atoms with Crippen molar-refractivity contribution in [2.75, 3.05) is 0 Å². The summed E-state index contributed by atoms with van der Waals surface area (Å²) < 4.78 is 2.07. The Morgan fingerprint density at radius 2 is 2.07 bits per heavy atom. The molecule has 0 spiro atoms. The molecule has 0 atom stereocenters. The normalized spacial score (nSPS) is 12.2. The van der Waals surface area contributed by atoms with Crippen molar-refractivity contribution in [3.8, 4) is 0 Å². The van der Waals surface area contributed by atoms with E-state index in [0.29, 0.717) is 5.41 Å². The Hall–Kier alpha value is -1.31. The largest absolute Gasteiger partial charge is 0.308 e. The number of hydrogen-bond donors (Lipinski definition) is 0. The van der Waals surface area contributed by atoms with Crippen molar-refractivity contribution >= 4 is 5.65 Å². The third-order valence-corrected chi connectivity index (χ3v) is 2.22. The minimum Gasteiger partial charge on any atom is -0.308 e. The molecule has 0 N–H and O–H groups in total. The van der Waals surface area contributed by atoms with E-state index in [1.165, 1.54) is 5.56 Å². The highest BCUT2D eigenvalue weighted by Gasteiger charge is 2.14. The lowest BCUT2D eigenvalue weighted by atomic mass is 9.89. The van der Waals surface area contributed by atoms with Crippen LogP contribution in [0.3, 0.4) is 0 Å². The van der Waals surface area contributed by atoms with Gasteiger partial charge in [-0.2, -0.15) is 0 Å². The van der Waals surface area contributed by atoms with Gasteiger partial charge in [-0.1, -0.05) is 20.8 Å². The lowest BCUT2D eigenvalue weighted by Gasteiger charge is -2.16. The number of fused-ring (bicyclic) bond motifs is 1. The summed E-state index contributed by atoms with van der Waals surface area (Å²) in [6.07, 6.45) is 7.03. The van der Waals surface area contributed by atoms with E-state index in [0.717, 1.165) is 12.1 Å². The van der Waals surface area contributed by atoms with E-state index >= 15 is 0 Å². The van der Waals surface area contributed by atoms with Crippen LogP contribution in [0.5, 0.6) is 0 Å². The van der Waals surface area contributed by atoms with Crippen molar-refractivity contribution < 1.29 is 0 Å². The lowest BCUT2D eigenvalue weighted by molar-refractivity contribution is 0.412. The van der Waals surface area contributed by atoms with Crippen molar-refractivity contribution in [3.63, 3.8) is 0 Å². The Labute approximate surface area is 84.6 Å². The van der Waals surface area contributed by atoms with Crippen LogP contribution in [0.1, 0.15) is 26.3 Å². The maximum absolute atomic E-state index is 4.39. The summed E-state index contributed by atoms with van der Waals surface area (Å²) in [5.74, 6) is 0. The van der Waals surface area contributed by atoms with Gasteiger partial charge in [-0.15, -0.1) is 0 Å². The van der Waals surface area contributed by atoms with Gasteiger partial charge in [0.2, 0.25) is 0 Å². The van der Waals surface area contributed by atoms with Crippen LogP contribution < -0.4 is 0 Å². The zero-order chi connectivity index (χ0) is 10.2. The van der Waals surface area contributed by atoms with E-state index in [1.54, 1.807) is 0 Å². The molecule has 2 aromatic rings. The average Bonchev–Trinajstić information content (AvgIpc) is 2.47. The highest BCUT2D eigenvalue weighted by Crippen LogP contribution is 2.23. The summed E-state index contributed by atoms with van der Waals surface area (Å²) in [5.41, 5.74) is 2.74. The van der Waals surface area contributed by atoms with Crippen LogP contribution in [0, 0.1) is 5.41 Å². The van der Waals surface area contributed by atoms with Crippen molar-refractivity contribution in [3.05, 3.63) is 36.3 Å². The number of hydrogen-bond acceptors (Lipinski definition) is 1. The van der Waals surface area contributed by atoms with Crippen LogP contribution in [0.25, 0.3) is 5.65 Å². The Morgan fingerprint density at radius 1 is 1.29 bits per heavy atom. The zero-order valence-corrected chi connectivity index (χ0v) is 8.99. The molecule has 0 bridgehead atoms. The summed E-state index contributed by atoms with van der Waals surface area (Å²) >= 11 is 0. The average molecular weight is 188 g/mol. The van der Waals surface area contributed by atoms with Gasteiger partial charge in [-0.25, -0.2) is 4.98 Å². The first-order valence-corrected chi connectivity index (χ1v) is 4.97. The van der Waals surface area contributed by atoms with Crippen LogP contribution in [0.4, 0.5) is 0 Å². The fourth-order valence-electron chi connectivity index (χ4n) is 1.71. The summed E-state index contributed by atoms with van der Waals surface area (Å²) in [7, 11) is 0. The molecule has 0 radical (unpaired) electrons. The van der Waals surface area contributed by atoms with Gasteiger partial charge >= 0.3 is 0 Å². The molecule has 2 heterocycles. The Balaban J connectivity index is 2.44. The molecule has 14 heavy (non-hydrogen) atoms. The van der Waals surface area contributed by atoms with Crippen LogP contribution in [-0.2, 0) is 6.42 Å². The van der Waals surface area contributed by atoms with Crippen LogP contribution in [0.15, 0.2) is 30.7 Å². The van der Waals surface area contributed by atoms with Gasteiger partial charge in [-0.05, 0) is 29.5 Å². The monoisotopic (exact) mass is 188 g/mol. The predicted molar refractivity (Wildman–Crippen MR) is 58.4 cm³/mol. The minimum absolute atomic E-state index is 0.319. The molecule has 74 valence electrons. The van der Waals surface area contributed by atoms with E-state index in [9.17, 15) is 0 Å². The van der Waals surface area contributed by atoms with Gasteiger partial charge in [0.15, 0.2) is 0 Å². The number of aromatic nitrogens is 2. The van der Waals surface area contributed by atoms with Crippen molar-refractivity contribution in [2.45, 2.75) is 27.2 Å². The van der Waals surface area contributed by atoms with Gasteiger partial charge in [0.05, 0.1) is 0 Å². The molecule has 0 amide bonds. The smallest absolute Gasteiger partial charge is 0.139 e. The first-order chi connectivity index (χ1) is 6.56. The molecule has 0 aliphatic heterocycles. The molecule has 2 nitrogen and oxygen atoms in total. The molecule has 0 saturated heterocycles. The van der Waals surface area contributed by atoms with Crippen molar-refractivity contribution in [1.82, 2.24) is 9.38 Å². The zero-order valence-electron chi connectivity index (χ0n) is 8.99. The topological polar surface area (TPSA) is 17.3 Å².